The molecular weight excluding hydrogens is 343 g/mol. The van der Waals surface area contributed by atoms with E-state index in [9.17, 15) is 14.8 Å². The van der Waals surface area contributed by atoms with Gasteiger partial charge < -0.3 is 9.84 Å². The third-order valence-corrected chi connectivity index (χ3v) is 5.71. The van der Waals surface area contributed by atoms with Crippen molar-refractivity contribution in [3.63, 3.8) is 0 Å². The molecule has 0 aliphatic carbocycles. The molecule has 0 amide bonds. The van der Waals surface area contributed by atoms with E-state index in [-0.39, 0.29) is 12.1 Å². The third-order valence-electron chi connectivity index (χ3n) is 5.71. The lowest BCUT2D eigenvalue weighted by Crippen LogP contribution is -2.61. The molecule has 2 aromatic carbocycles. The smallest absolute Gasteiger partial charge is 0.124 e. The van der Waals surface area contributed by atoms with Crippen molar-refractivity contribution < 1.29 is 14.2 Å². The summed E-state index contributed by atoms with van der Waals surface area (Å²) in [6, 6.07) is 16.9. The molecule has 2 aliphatic heterocycles. The van der Waals surface area contributed by atoms with Crippen molar-refractivity contribution in [3.8, 4) is 6.07 Å². The lowest BCUT2D eigenvalue weighted by molar-refractivity contribution is -0.145. The van der Waals surface area contributed by atoms with Crippen LogP contribution in [0.3, 0.4) is 0 Å². The largest absolute Gasteiger partial charge is 0.389 e. The zero-order valence-electron chi connectivity index (χ0n) is 15.1. The molecule has 2 fully saturated rings. The SMILES string of the molecule is N#Cc1cc(F)ccc1CC1(O)CC2COCC(C1)N2Cc1ccccc1. The van der Waals surface area contributed by atoms with Crippen molar-refractivity contribution in [2.75, 3.05) is 13.2 Å². The van der Waals surface area contributed by atoms with Gasteiger partial charge in [-0.2, -0.15) is 5.26 Å². The molecule has 4 rings (SSSR count). The molecule has 2 atom stereocenters. The van der Waals surface area contributed by atoms with Crippen molar-refractivity contribution in [3.05, 3.63) is 71.0 Å². The van der Waals surface area contributed by atoms with Crippen molar-refractivity contribution in [1.29, 1.82) is 5.26 Å². The van der Waals surface area contributed by atoms with Crippen LogP contribution >= 0.6 is 0 Å². The molecule has 2 heterocycles. The molecule has 5 heteroatoms. The first-order chi connectivity index (χ1) is 13.1. The number of benzene rings is 2. The Balaban J connectivity index is 1.53. The molecule has 27 heavy (non-hydrogen) atoms. The van der Waals surface area contributed by atoms with E-state index in [1.54, 1.807) is 6.07 Å². The molecule has 140 valence electrons. The summed E-state index contributed by atoms with van der Waals surface area (Å²) in [5.74, 6) is -0.426. The molecule has 2 saturated heterocycles. The van der Waals surface area contributed by atoms with Crippen LogP contribution in [0.2, 0.25) is 0 Å². The minimum atomic E-state index is -0.907. The molecule has 2 bridgehead atoms. The highest BCUT2D eigenvalue weighted by Crippen LogP contribution is 2.38. The van der Waals surface area contributed by atoms with Crippen molar-refractivity contribution >= 4 is 0 Å². The Morgan fingerprint density at radius 3 is 2.52 bits per heavy atom. The van der Waals surface area contributed by atoms with Gasteiger partial charge in [-0.05, 0) is 36.1 Å². The van der Waals surface area contributed by atoms with E-state index in [2.05, 4.69) is 17.0 Å². The Morgan fingerprint density at radius 2 is 1.85 bits per heavy atom. The fourth-order valence-electron chi connectivity index (χ4n) is 4.50. The highest BCUT2D eigenvalue weighted by atomic mass is 19.1. The lowest BCUT2D eigenvalue weighted by Gasteiger charge is -2.52. The highest BCUT2D eigenvalue weighted by molar-refractivity contribution is 5.39. The van der Waals surface area contributed by atoms with Gasteiger partial charge in [0.25, 0.3) is 0 Å². The van der Waals surface area contributed by atoms with E-state index in [0.29, 0.717) is 43.6 Å². The van der Waals surface area contributed by atoms with Gasteiger partial charge >= 0.3 is 0 Å². The standard InChI is InChI=1S/C22H23FN2O2/c23-19-7-6-17(18(8-19)12-24)9-22(26)10-20-14-27-15-21(11-22)25(20)13-16-4-2-1-3-5-16/h1-8,20-21,26H,9-11,13-15H2. The van der Waals surface area contributed by atoms with E-state index < -0.39 is 11.4 Å². The average Bonchev–Trinajstić information content (AvgIpc) is 2.65. The predicted octanol–water partition coefficient (Wildman–Crippen LogP) is 3.03. The van der Waals surface area contributed by atoms with Crippen molar-refractivity contribution in [2.24, 2.45) is 0 Å². The summed E-state index contributed by atoms with van der Waals surface area (Å²) in [4.78, 5) is 2.43. The molecule has 1 N–H and O–H groups in total. The molecule has 2 aliphatic rings. The first-order valence-electron chi connectivity index (χ1n) is 9.35. The van der Waals surface area contributed by atoms with Crippen LogP contribution in [0.25, 0.3) is 0 Å². The summed E-state index contributed by atoms with van der Waals surface area (Å²) in [5, 5.41) is 20.6. The molecule has 0 radical (unpaired) electrons. The van der Waals surface area contributed by atoms with E-state index in [0.717, 1.165) is 6.54 Å². The summed E-state index contributed by atoms with van der Waals surface area (Å²) in [6.07, 6.45) is 1.53. The van der Waals surface area contributed by atoms with E-state index in [1.165, 1.54) is 17.7 Å². The van der Waals surface area contributed by atoms with E-state index >= 15 is 0 Å². The number of halogens is 1. The summed E-state index contributed by atoms with van der Waals surface area (Å²) >= 11 is 0. The molecule has 2 aromatic rings. The van der Waals surface area contributed by atoms with Crippen LogP contribution in [0.1, 0.15) is 29.5 Å². The van der Waals surface area contributed by atoms with Crippen LogP contribution in [0.5, 0.6) is 0 Å². The van der Waals surface area contributed by atoms with E-state index in [4.69, 9.17) is 4.74 Å². The monoisotopic (exact) mass is 366 g/mol. The van der Waals surface area contributed by atoms with Gasteiger partial charge in [-0.3, -0.25) is 4.90 Å². The first kappa shape index (κ1) is 18.1. The topological polar surface area (TPSA) is 56.5 Å². The second-order valence-corrected chi connectivity index (χ2v) is 7.73. The molecule has 0 spiro atoms. The van der Waals surface area contributed by atoms with E-state index in [1.807, 2.05) is 24.3 Å². The first-order valence-corrected chi connectivity index (χ1v) is 9.35. The fraction of sp³-hybridized carbons (Fsp3) is 0.409. The van der Waals surface area contributed by atoms with Crippen LogP contribution in [0.15, 0.2) is 48.5 Å². The number of aliphatic hydroxyl groups is 1. The fourth-order valence-corrected chi connectivity index (χ4v) is 4.50. The number of morpholine rings is 1. The molecule has 4 nitrogen and oxygen atoms in total. The maximum absolute atomic E-state index is 13.4. The van der Waals surface area contributed by atoms with Gasteiger partial charge in [0.15, 0.2) is 0 Å². The normalized spacial score (nSPS) is 27.9. The number of hydrogen-bond donors (Lipinski definition) is 1. The maximum atomic E-state index is 13.4. The minimum absolute atomic E-state index is 0.133. The number of rotatable bonds is 4. The quantitative estimate of drug-likeness (QED) is 0.904. The second kappa shape index (κ2) is 7.40. The Kier molecular flexibility index (Phi) is 4.96. The number of nitriles is 1. The van der Waals surface area contributed by atoms with Crippen LogP contribution in [0.4, 0.5) is 4.39 Å². The Labute approximate surface area is 158 Å². The molecule has 0 aromatic heterocycles. The summed E-state index contributed by atoms with van der Waals surface area (Å²) in [7, 11) is 0. The Bertz CT molecular complexity index is 835. The molecule has 2 unspecified atom stereocenters. The van der Waals surface area contributed by atoms with Crippen LogP contribution in [0, 0.1) is 17.1 Å². The van der Waals surface area contributed by atoms with Gasteiger partial charge in [-0.1, -0.05) is 36.4 Å². The van der Waals surface area contributed by atoms with Gasteiger partial charge in [0.05, 0.1) is 30.4 Å². The van der Waals surface area contributed by atoms with Gasteiger partial charge in [0.2, 0.25) is 0 Å². The van der Waals surface area contributed by atoms with Gasteiger partial charge in [0.1, 0.15) is 5.82 Å². The highest BCUT2D eigenvalue weighted by Gasteiger charge is 2.46. The van der Waals surface area contributed by atoms with Gasteiger partial charge in [-0.15, -0.1) is 0 Å². The van der Waals surface area contributed by atoms with Crippen LogP contribution < -0.4 is 0 Å². The predicted molar refractivity (Wildman–Crippen MR) is 99.4 cm³/mol. The summed E-state index contributed by atoms with van der Waals surface area (Å²) in [5.41, 5.74) is 1.36. The van der Waals surface area contributed by atoms with Crippen molar-refractivity contribution in [2.45, 2.75) is 43.5 Å². The van der Waals surface area contributed by atoms with Gasteiger partial charge in [0, 0.05) is 25.0 Å². The summed E-state index contributed by atoms with van der Waals surface area (Å²) < 4.78 is 19.2. The summed E-state index contributed by atoms with van der Waals surface area (Å²) in [6.45, 7) is 2.04. The lowest BCUT2D eigenvalue weighted by atomic mass is 9.77. The molecule has 0 saturated carbocycles. The number of fused-ring (bicyclic) bond motifs is 2. The number of hydrogen-bond acceptors (Lipinski definition) is 4. The number of piperidine rings is 1. The Hall–Kier alpha value is -2.26. The minimum Gasteiger partial charge on any atom is -0.389 e. The second-order valence-electron chi connectivity index (χ2n) is 7.73. The average molecular weight is 366 g/mol. The van der Waals surface area contributed by atoms with Crippen LogP contribution in [-0.4, -0.2) is 40.9 Å². The zero-order valence-corrected chi connectivity index (χ0v) is 15.1. The Morgan fingerprint density at radius 1 is 1.15 bits per heavy atom. The number of nitrogens with zero attached hydrogens (tertiary/aromatic N) is 2. The third kappa shape index (κ3) is 3.89. The van der Waals surface area contributed by atoms with Gasteiger partial charge in [-0.25, -0.2) is 4.39 Å². The van der Waals surface area contributed by atoms with Crippen molar-refractivity contribution in [1.82, 2.24) is 4.90 Å². The maximum Gasteiger partial charge on any atom is 0.124 e. The number of ether oxygens (including phenoxy) is 1. The molecular formula is C22H23FN2O2. The van der Waals surface area contributed by atoms with Crippen LogP contribution in [-0.2, 0) is 17.7 Å². The zero-order chi connectivity index (χ0) is 18.9.